The van der Waals surface area contributed by atoms with Crippen LogP contribution in [0.4, 0.5) is 0 Å². The third kappa shape index (κ3) is 4.47. The number of aryl methyl sites for hydroxylation is 1. The molecule has 4 aromatic rings. The second kappa shape index (κ2) is 9.39. The first-order chi connectivity index (χ1) is 16.0. The summed E-state index contributed by atoms with van der Waals surface area (Å²) in [5.74, 6) is 0.847. The number of para-hydroxylation sites is 1. The molecule has 0 aliphatic heterocycles. The lowest BCUT2D eigenvalue weighted by atomic mass is 10.1. The van der Waals surface area contributed by atoms with E-state index in [9.17, 15) is 4.79 Å². The van der Waals surface area contributed by atoms with E-state index in [1.807, 2.05) is 48.9 Å². The molecule has 9 nitrogen and oxygen atoms in total. The normalized spacial score (nSPS) is 11.0. The molecule has 0 saturated heterocycles. The first kappa shape index (κ1) is 21.8. The van der Waals surface area contributed by atoms with Crippen LogP contribution < -0.4 is 14.9 Å². The average Bonchev–Trinajstić information content (AvgIpc) is 3.43. The van der Waals surface area contributed by atoms with E-state index < -0.39 is 5.91 Å². The van der Waals surface area contributed by atoms with Gasteiger partial charge in [-0.3, -0.25) is 9.89 Å². The number of benzene rings is 2. The number of hydrogen-bond donors (Lipinski definition) is 2. The van der Waals surface area contributed by atoms with Gasteiger partial charge in [-0.15, -0.1) is 0 Å². The summed E-state index contributed by atoms with van der Waals surface area (Å²) in [7, 11) is 3.14. The second-order valence-corrected chi connectivity index (χ2v) is 7.27. The van der Waals surface area contributed by atoms with Crippen molar-refractivity contribution in [3.8, 4) is 28.4 Å². The molecular weight excluding hydrogens is 420 g/mol. The van der Waals surface area contributed by atoms with Crippen LogP contribution in [0.2, 0.25) is 0 Å². The van der Waals surface area contributed by atoms with E-state index in [1.165, 1.54) is 6.21 Å². The van der Waals surface area contributed by atoms with Crippen LogP contribution in [0.25, 0.3) is 16.9 Å². The second-order valence-electron chi connectivity index (χ2n) is 7.27. The molecule has 0 aliphatic carbocycles. The third-order valence-electron chi connectivity index (χ3n) is 5.18. The van der Waals surface area contributed by atoms with E-state index in [4.69, 9.17) is 9.47 Å². The van der Waals surface area contributed by atoms with E-state index in [0.717, 1.165) is 22.6 Å². The highest BCUT2D eigenvalue weighted by Crippen LogP contribution is 2.27. The van der Waals surface area contributed by atoms with Gasteiger partial charge in [-0.05, 0) is 50.2 Å². The number of carbonyl (C=O) groups excluding carboxylic acids is 1. The SMILES string of the molecule is COc1ccc(OC)c(C=NNC(=O)c2cc(-c3c(C)nn(-c4ccccc4)c3C)n[nH]2)c1. The first-order valence-corrected chi connectivity index (χ1v) is 10.2. The molecule has 0 unspecified atom stereocenters. The van der Waals surface area contributed by atoms with Crippen LogP contribution in [0.5, 0.6) is 11.5 Å². The summed E-state index contributed by atoms with van der Waals surface area (Å²) in [6.07, 6.45) is 1.49. The number of rotatable bonds is 7. The van der Waals surface area contributed by atoms with Gasteiger partial charge in [0, 0.05) is 11.1 Å². The molecule has 1 amide bonds. The lowest BCUT2D eigenvalue weighted by Gasteiger charge is -2.06. The molecule has 0 fully saturated rings. The Morgan fingerprint density at radius 2 is 1.88 bits per heavy atom. The van der Waals surface area contributed by atoms with Gasteiger partial charge in [-0.25, -0.2) is 10.1 Å². The molecule has 0 aliphatic rings. The molecule has 4 rings (SSSR count). The number of methoxy groups -OCH3 is 2. The minimum atomic E-state index is -0.419. The summed E-state index contributed by atoms with van der Waals surface area (Å²) in [6, 6.07) is 16.9. The lowest BCUT2D eigenvalue weighted by Crippen LogP contribution is -2.18. The van der Waals surface area contributed by atoms with Gasteiger partial charge in [-0.2, -0.15) is 15.3 Å². The molecule has 0 saturated carbocycles. The molecule has 0 radical (unpaired) electrons. The van der Waals surface area contributed by atoms with Crippen molar-refractivity contribution in [1.29, 1.82) is 0 Å². The van der Waals surface area contributed by atoms with Crippen molar-refractivity contribution in [1.82, 2.24) is 25.4 Å². The van der Waals surface area contributed by atoms with Crippen LogP contribution in [0, 0.1) is 13.8 Å². The smallest absolute Gasteiger partial charge is 0.289 e. The Hall–Kier alpha value is -4.40. The molecule has 2 aromatic carbocycles. The molecule has 0 spiro atoms. The maximum Gasteiger partial charge on any atom is 0.289 e. The van der Waals surface area contributed by atoms with Crippen molar-refractivity contribution in [2.75, 3.05) is 14.2 Å². The van der Waals surface area contributed by atoms with Gasteiger partial charge in [0.25, 0.3) is 5.91 Å². The van der Waals surface area contributed by atoms with Crippen molar-refractivity contribution in [3.63, 3.8) is 0 Å². The quantitative estimate of drug-likeness (QED) is 0.334. The Kier molecular flexibility index (Phi) is 6.21. The highest BCUT2D eigenvalue weighted by atomic mass is 16.5. The predicted molar refractivity (Wildman–Crippen MR) is 125 cm³/mol. The van der Waals surface area contributed by atoms with E-state index in [-0.39, 0.29) is 5.69 Å². The summed E-state index contributed by atoms with van der Waals surface area (Å²) in [4.78, 5) is 12.6. The fourth-order valence-electron chi connectivity index (χ4n) is 3.56. The minimum absolute atomic E-state index is 0.283. The monoisotopic (exact) mass is 444 g/mol. The number of aromatic amines is 1. The van der Waals surface area contributed by atoms with Crippen LogP contribution in [0.1, 0.15) is 27.4 Å². The fraction of sp³-hybridized carbons (Fsp3) is 0.167. The largest absolute Gasteiger partial charge is 0.497 e. The first-order valence-electron chi connectivity index (χ1n) is 10.2. The summed E-state index contributed by atoms with van der Waals surface area (Å²) in [5.41, 5.74) is 7.67. The zero-order chi connectivity index (χ0) is 23.4. The maximum absolute atomic E-state index is 12.6. The van der Waals surface area contributed by atoms with Gasteiger partial charge >= 0.3 is 0 Å². The van der Waals surface area contributed by atoms with E-state index >= 15 is 0 Å². The number of hydrogen-bond acceptors (Lipinski definition) is 6. The summed E-state index contributed by atoms with van der Waals surface area (Å²) >= 11 is 0. The fourth-order valence-corrected chi connectivity index (χ4v) is 3.56. The van der Waals surface area contributed by atoms with Crippen molar-refractivity contribution >= 4 is 12.1 Å². The zero-order valence-electron chi connectivity index (χ0n) is 18.8. The molecule has 2 heterocycles. The molecule has 33 heavy (non-hydrogen) atoms. The zero-order valence-corrected chi connectivity index (χ0v) is 18.8. The summed E-state index contributed by atoms with van der Waals surface area (Å²) in [5, 5.41) is 15.8. The molecule has 0 atom stereocenters. The van der Waals surface area contributed by atoms with Crippen LogP contribution in [0.15, 0.2) is 59.7 Å². The van der Waals surface area contributed by atoms with Gasteiger partial charge in [-0.1, -0.05) is 18.2 Å². The van der Waals surface area contributed by atoms with Crippen molar-refractivity contribution in [3.05, 3.63) is 77.2 Å². The Balaban J connectivity index is 1.52. The number of aromatic nitrogens is 4. The Morgan fingerprint density at radius 1 is 1.09 bits per heavy atom. The topological polar surface area (TPSA) is 106 Å². The van der Waals surface area contributed by atoms with Gasteiger partial charge in [0.2, 0.25) is 0 Å². The highest BCUT2D eigenvalue weighted by molar-refractivity contribution is 5.94. The summed E-state index contributed by atoms with van der Waals surface area (Å²) < 4.78 is 12.4. The van der Waals surface area contributed by atoms with E-state index in [2.05, 4.69) is 25.8 Å². The lowest BCUT2D eigenvalue weighted by molar-refractivity contribution is 0.0950. The van der Waals surface area contributed by atoms with Crippen LogP contribution >= 0.6 is 0 Å². The van der Waals surface area contributed by atoms with Crippen LogP contribution in [-0.2, 0) is 0 Å². The number of amides is 1. The maximum atomic E-state index is 12.6. The molecular formula is C24H24N6O3. The molecule has 0 bridgehead atoms. The average molecular weight is 444 g/mol. The molecule has 9 heteroatoms. The number of ether oxygens (including phenoxy) is 2. The van der Waals surface area contributed by atoms with Gasteiger partial charge in [0.1, 0.15) is 17.2 Å². The minimum Gasteiger partial charge on any atom is -0.497 e. The van der Waals surface area contributed by atoms with Crippen LogP contribution in [0.3, 0.4) is 0 Å². The van der Waals surface area contributed by atoms with Gasteiger partial charge in [0.05, 0.1) is 43.2 Å². The molecule has 168 valence electrons. The number of carbonyl (C=O) groups is 1. The number of H-pyrrole nitrogens is 1. The Labute approximate surface area is 191 Å². The van der Waals surface area contributed by atoms with Gasteiger partial charge in [0.15, 0.2) is 0 Å². The number of hydrazone groups is 1. The van der Waals surface area contributed by atoms with Crippen molar-refractivity contribution < 1.29 is 14.3 Å². The summed E-state index contributed by atoms with van der Waals surface area (Å²) in [6.45, 7) is 3.89. The van der Waals surface area contributed by atoms with Crippen molar-refractivity contribution in [2.45, 2.75) is 13.8 Å². The van der Waals surface area contributed by atoms with E-state index in [1.54, 1.807) is 38.5 Å². The Morgan fingerprint density at radius 3 is 2.61 bits per heavy atom. The number of nitrogens with zero attached hydrogens (tertiary/aromatic N) is 4. The third-order valence-corrected chi connectivity index (χ3v) is 5.18. The standard InChI is InChI=1S/C24H24N6O3/c1-15-23(16(2)30(29-15)18-8-6-5-7-9-18)20-13-21(27-26-20)24(31)28-25-14-17-12-19(32-3)10-11-22(17)33-4/h5-14H,1-4H3,(H,26,27)(H,28,31). The van der Waals surface area contributed by atoms with Crippen molar-refractivity contribution in [2.24, 2.45) is 5.10 Å². The molecule has 2 N–H and O–H groups in total. The Bertz CT molecular complexity index is 1310. The highest BCUT2D eigenvalue weighted by Gasteiger charge is 2.19. The molecule has 2 aromatic heterocycles. The van der Waals surface area contributed by atoms with E-state index in [0.29, 0.717) is 22.8 Å². The van der Waals surface area contributed by atoms with Crippen LogP contribution in [-0.4, -0.2) is 46.3 Å². The number of nitrogens with one attached hydrogen (secondary N) is 2. The predicted octanol–water partition coefficient (Wildman–Crippen LogP) is 3.66. The van der Waals surface area contributed by atoms with Gasteiger partial charge < -0.3 is 9.47 Å².